The minimum Gasteiger partial charge on any atom is -0.489 e. The van der Waals surface area contributed by atoms with Crippen molar-refractivity contribution in [3.63, 3.8) is 0 Å². The third-order valence-corrected chi connectivity index (χ3v) is 5.96. The molecule has 222 valence electrons. The Kier molecular flexibility index (Phi) is 9.98. The zero-order chi connectivity index (χ0) is 30.4. The van der Waals surface area contributed by atoms with Crippen LogP contribution in [-0.4, -0.2) is 70.2 Å². The van der Waals surface area contributed by atoms with Crippen LogP contribution < -0.4 is 15.8 Å². The van der Waals surface area contributed by atoms with E-state index in [4.69, 9.17) is 19.9 Å². The van der Waals surface area contributed by atoms with Gasteiger partial charge >= 0.3 is 12.2 Å². The molecule has 0 spiro atoms. The van der Waals surface area contributed by atoms with E-state index in [1.807, 2.05) is 30.3 Å². The molecule has 1 aliphatic heterocycles. The molecule has 2 atom stereocenters. The molecule has 0 bridgehead atoms. The van der Waals surface area contributed by atoms with Crippen molar-refractivity contribution < 1.29 is 33.4 Å². The Labute approximate surface area is 240 Å². The lowest BCUT2D eigenvalue weighted by molar-refractivity contribution is -0.131. The fourth-order valence-electron chi connectivity index (χ4n) is 4.27. The van der Waals surface area contributed by atoms with E-state index < -0.39 is 53.8 Å². The van der Waals surface area contributed by atoms with E-state index in [0.717, 1.165) is 10.5 Å². The molecule has 3 N–H and O–H groups in total. The molecule has 1 heterocycles. The summed E-state index contributed by atoms with van der Waals surface area (Å²) >= 11 is 0. The number of imide groups is 1. The van der Waals surface area contributed by atoms with Crippen molar-refractivity contribution in [2.75, 3.05) is 18.4 Å². The van der Waals surface area contributed by atoms with Gasteiger partial charge in [0.1, 0.15) is 29.6 Å². The molecule has 11 heteroatoms. The summed E-state index contributed by atoms with van der Waals surface area (Å²) in [7, 11) is 0. The summed E-state index contributed by atoms with van der Waals surface area (Å²) in [6.07, 6.45) is -1.67. The van der Waals surface area contributed by atoms with Crippen LogP contribution in [0.5, 0.6) is 5.75 Å². The number of hydrogen-bond acceptors (Lipinski definition) is 8. The molecular weight excluding hydrogens is 528 g/mol. The number of rotatable bonds is 7. The highest BCUT2D eigenvalue weighted by atomic mass is 16.6. The monoisotopic (exact) mass is 568 g/mol. The first-order valence-corrected chi connectivity index (χ1v) is 13.5. The summed E-state index contributed by atoms with van der Waals surface area (Å²) in [6.45, 7) is 9.92. The van der Waals surface area contributed by atoms with Gasteiger partial charge in [0, 0.05) is 18.3 Å². The van der Waals surface area contributed by atoms with Crippen molar-refractivity contribution in [3.8, 4) is 5.75 Å². The summed E-state index contributed by atoms with van der Waals surface area (Å²) in [5.74, 6) is -0.648. The molecule has 0 aromatic heterocycles. The molecule has 3 rings (SSSR count). The highest BCUT2D eigenvalue weighted by Crippen LogP contribution is 2.28. The summed E-state index contributed by atoms with van der Waals surface area (Å²) in [4.78, 5) is 54.6. The Morgan fingerprint density at radius 2 is 1.61 bits per heavy atom. The van der Waals surface area contributed by atoms with Gasteiger partial charge in [-0.2, -0.15) is 0 Å². The van der Waals surface area contributed by atoms with Crippen LogP contribution in [0.4, 0.5) is 15.3 Å². The number of nitrogens with two attached hydrogens (primary N) is 1. The van der Waals surface area contributed by atoms with Crippen molar-refractivity contribution in [3.05, 3.63) is 60.2 Å². The summed E-state index contributed by atoms with van der Waals surface area (Å²) in [5, 5.41) is 2.83. The highest BCUT2D eigenvalue weighted by Gasteiger charge is 2.47. The van der Waals surface area contributed by atoms with E-state index in [9.17, 15) is 19.2 Å². The van der Waals surface area contributed by atoms with Crippen LogP contribution in [-0.2, 0) is 25.7 Å². The molecular formula is C30H40N4O7. The zero-order valence-corrected chi connectivity index (χ0v) is 24.5. The Morgan fingerprint density at radius 3 is 2.22 bits per heavy atom. The molecule has 1 fully saturated rings. The minimum atomic E-state index is -1.04. The van der Waals surface area contributed by atoms with Gasteiger partial charge in [0.05, 0.1) is 12.6 Å². The van der Waals surface area contributed by atoms with Crippen molar-refractivity contribution in [2.24, 2.45) is 5.73 Å². The van der Waals surface area contributed by atoms with E-state index >= 15 is 0 Å². The zero-order valence-electron chi connectivity index (χ0n) is 24.5. The summed E-state index contributed by atoms with van der Waals surface area (Å²) < 4.78 is 16.8. The number of nitrogens with zero attached hydrogens (tertiary/aromatic N) is 2. The van der Waals surface area contributed by atoms with Gasteiger partial charge < -0.3 is 25.3 Å². The molecule has 4 amide bonds. The molecule has 2 aromatic rings. The maximum absolute atomic E-state index is 13.5. The first kappa shape index (κ1) is 31.4. The fraction of sp³-hybridized carbons (Fsp3) is 0.467. The smallest absolute Gasteiger partial charge is 0.417 e. The highest BCUT2D eigenvalue weighted by molar-refractivity contribution is 5.98. The molecule has 0 unspecified atom stereocenters. The van der Waals surface area contributed by atoms with E-state index in [1.54, 1.807) is 65.8 Å². The molecule has 11 nitrogen and oxygen atoms in total. The van der Waals surface area contributed by atoms with Crippen LogP contribution in [0, 0.1) is 0 Å². The number of carbonyl (C=O) groups is 4. The van der Waals surface area contributed by atoms with E-state index in [0.29, 0.717) is 18.0 Å². The van der Waals surface area contributed by atoms with Crippen molar-refractivity contribution in [1.29, 1.82) is 0 Å². The van der Waals surface area contributed by atoms with Crippen LogP contribution in [0.15, 0.2) is 54.6 Å². The Balaban J connectivity index is 1.82. The largest absolute Gasteiger partial charge is 0.489 e. The maximum Gasteiger partial charge on any atom is 0.417 e. The van der Waals surface area contributed by atoms with E-state index in [1.165, 1.54) is 4.90 Å². The van der Waals surface area contributed by atoms with Crippen molar-refractivity contribution in [1.82, 2.24) is 9.80 Å². The average Bonchev–Trinajstić information content (AvgIpc) is 3.31. The third-order valence-electron chi connectivity index (χ3n) is 5.96. The van der Waals surface area contributed by atoms with Crippen LogP contribution in [0.1, 0.15) is 53.5 Å². The quantitative estimate of drug-likeness (QED) is 0.504. The van der Waals surface area contributed by atoms with Crippen LogP contribution in [0.2, 0.25) is 0 Å². The number of amides is 4. The lowest BCUT2D eigenvalue weighted by Gasteiger charge is -2.30. The second kappa shape index (κ2) is 13.0. The number of nitrogens with one attached hydrogen (secondary N) is 1. The van der Waals surface area contributed by atoms with Crippen molar-refractivity contribution >= 4 is 29.7 Å². The van der Waals surface area contributed by atoms with Crippen LogP contribution in [0.3, 0.4) is 0 Å². The Hall–Kier alpha value is -4.12. The number of likely N-dealkylation sites (tertiary alicyclic amines) is 1. The number of ether oxygens (including phenoxy) is 3. The van der Waals surface area contributed by atoms with Crippen LogP contribution >= 0.6 is 0 Å². The summed E-state index contributed by atoms with van der Waals surface area (Å²) in [5.41, 5.74) is 5.33. The Bertz CT molecular complexity index is 1240. The molecule has 1 aliphatic rings. The topological polar surface area (TPSA) is 140 Å². The second-order valence-electron chi connectivity index (χ2n) is 11.8. The van der Waals surface area contributed by atoms with Crippen molar-refractivity contribution in [2.45, 2.75) is 77.9 Å². The van der Waals surface area contributed by atoms with Gasteiger partial charge in [0.15, 0.2) is 0 Å². The van der Waals surface area contributed by atoms with Gasteiger partial charge in [-0.05, 0) is 65.7 Å². The van der Waals surface area contributed by atoms with Gasteiger partial charge in [0.2, 0.25) is 11.8 Å². The van der Waals surface area contributed by atoms with Gasteiger partial charge in [-0.1, -0.05) is 36.4 Å². The average molecular weight is 569 g/mol. The second-order valence-corrected chi connectivity index (χ2v) is 11.8. The van der Waals surface area contributed by atoms with E-state index in [2.05, 4.69) is 5.32 Å². The SMILES string of the molecule is CC(C)(C)OC(=O)N1C[C@H](N(C(=O)CN)C(=O)OC(C)(C)C)C[C@H]1C(=O)Nc1cccc(OCc2ccccc2)c1. The van der Waals surface area contributed by atoms with Gasteiger partial charge in [-0.25, -0.2) is 14.5 Å². The molecule has 0 radical (unpaired) electrons. The predicted molar refractivity (Wildman–Crippen MR) is 153 cm³/mol. The summed E-state index contributed by atoms with van der Waals surface area (Å²) in [6, 6.07) is 14.6. The lowest BCUT2D eigenvalue weighted by atomic mass is 10.1. The normalized spacial score (nSPS) is 17.0. The number of hydrogen-bond donors (Lipinski definition) is 2. The fourth-order valence-corrected chi connectivity index (χ4v) is 4.27. The Morgan fingerprint density at radius 1 is 0.951 bits per heavy atom. The first-order chi connectivity index (χ1) is 19.2. The first-order valence-electron chi connectivity index (χ1n) is 13.5. The molecule has 1 saturated heterocycles. The molecule has 0 saturated carbocycles. The minimum absolute atomic E-state index is 0.0275. The van der Waals surface area contributed by atoms with Gasteiger partial charge in [0.25, 0.3) is 0 Å². The third kappa shape index (κ3) is 9.21. The lowest BCUT2D eigenvalue weighted by Crippen LogP contribution is -2.50. The van der Waals surface area contributed by atoms with E-state index in [-0.39, 0.29) is 13.0 Å². The van der Waals surface area contributed by atoms with Gasteiger partial charge in [-0.3, -0.25) is 14.5 Å². The molecule has 0 aliphatic carbocycles. The van der Waals surface area contributed by atoms with Crippen LogP contribution in [0.25, 0.3) is 0 Å². The number of anilines is 1. The number of benzene rings is 2. The number of carbonyl (C=O) groups excluding carboxylic acids is 4. The maximum atomic E-state index is 13.5. The standard InChI is InChI=1S/C30H40N4O7/c1-29(2,3)40-27(37)33-18-22(34(25(35)17-31)28(38)41-30(4,5)6)16-24(33)26(36)32-21-13-10-14-23(15-21)39-19-20-11-8-7-9-12-20/h7-15,22,24H,16-19,31H2,1-6H3,(H,32,36)/t22-,24+/m1/s1. The van der Waals surface area contributed by atoms with Gasteiger partial charge in [-0.15, -0.1) is 0 Å². The molecule has 2 aromatic carbocycles. The molecule has 41 heavy (non-hydrogen) atoms. The predicted octanol–water partition coefficient (Wildman–Crippen LogP) is 4.30.